The quantitative estimate of drug-likeness (QED) is 0.791. The molecular formula is C12H16INO2. The van der Waals surface area contributed by atoms with Crippen LogP contribution >= 0.6 is 22.6 Å². The van der Waals surface area contributed by atoms with Crippen LogP contribution in [-0.4, -0.2) is 11.7 Å². The maximum absolute atomic E-state index is 11.6. The van der Waals surface area contributed by atoms with Gasteiger partial charge in [0.1, 0.15) is 5.60 Å². The number of ether oxygens (including phenoxy) is 1. The molecule has 1 rings (SSSR count). The van der Waals surface area contributed by atoms with Gasteiger partial charge in [0.15, 0.2) is 0 Å². The summed E-state index contributed by atoms with van der Waals surface area (Å²) in [5.74, 6) is 0. The second-order valence-corrected chi connectivity index (χ2v) is 5.64. The van der Waals surface area contributed by atoms with E-state index in [4.69, 9.17) is 4.74 Å². The molecule has 0 radical (unpaired) electrons. The number of hydrogen-bond donors (Lipinski definition) is 1. The molecule has 0 aliphatic carbocycles. The highest BCUT2D eigenvalue weighted by atomic mass is 127. The van der Waals surface area contributed by atoms with Gasteiger partial charge in [-0.1, -0.05) is 12.1 Å². The van der Waals surface area contributed by atoms with Gasteiger partial charge in [-0.15, -0.1) is 0 Å². The minimum atomic E-state index is -0.473. The van der Waals surface area contributed by atoms with Crippen molar-refractivity contribution in [1.29, 1.82) is 0 Å². The van der Waals surface area contributed by atoms with Gasteiger partial charge in [0.05, 0.1) is 5.69 Å². The van der Waals surface area contributed by atoms with E-state index >= 15 is 0 Å². The van der Waals surface area contributed by atoms with Crippen molar-refractivity contribution in [2.75, 3.05) is 5.32 Å². The fourth-order valence-corrected chi connectivity index (χ4v) is 1.65. The summed E-state index contributed by atoms with van der Waals surface area (Å²) in [4.78, 5) is 11.6. The summed E-state index contributed by atoms with van der Waals surface area (Å²) in [6, 6.07) is 5.77. The molecule has 0 spiro atoms. The Kier molecular flexibility index (Phi) is 4.18. The van der Waals surface area contributed by atoms with E-state index in [0.717, 1.165) is 14.8 Å². The average Bonchev–Trinajstić information content (AvgIpc) is 2.09. The van der Waals surface area contributed by atoms with E-state index in [2.05, 4.69) is 27.9 Å². The topological polar surface area (TPSA) is 38.3 Å². The monoisotopic (exact) mass is 333 g/mol. The molecule has 1 aromatic rings. The van der Waals surface area contributed by atoms with Gasteiger partial charge in [0.2, 0.25) is 0 Å². The largest absolute Gasteiger partial charge is 0.444 e. The molecule has 1 aromatic carbocycles. The molecule has 16 heavy (non-hydrogen) atoms. The molecule has 0 unspecified atom stereocenters. The van der Waals surface area contributed by atoms with Crippen molar-refractivity contribution in [3.05, 3.63) is 27.3 Å². The second kappa shape index (κ2) is 5.03. The van der Waals surface area contributed by atoms with E-state index < -0.39 is 11.7 Å². The Morgan fingerprint density at radius 3 is 2.56 bits per heavy atom. The number of benzene rings is 1. The molecular weight excluding hydrogens is 317 g/mol. The molecule has 0 aliphatic heterocycles. The minimum absolute atomic E-state index is 0.420. The number of carbonyl (C=O) groups excluding carboxylic acids is 1. The molecule has 1 amide bonds. The van der Waals surface area contributed by atoms with Crippen molar-refractivity contribution >= 4 is 34.4 Å². The standard InChI is InChI=1S/C12H16INO2/c1-8-6-5-7-9(10(8)13)14-11(15)16-12(2,3)4/h5-7H,1-4H3,(H,14,15). The molecule has 3 nitrogen and oxygen atoms in total. The van der Waals surface area contributed by atoms with E-state index in [1.807, 2.05) is 45.9 Å². The van der Waals surface area contributed by atoms with Gasteiger partial charge >= 0.3 is 6.09 Å². The van der Waals surface area contributed by atoms with Crippen molar-refractivity contribution in [3.63, 3.8) is 0 Å². The summed E-state index contributed by atoms with van der Waals surface area (Å²) in [5.41, 5.74) is 1.45. The Balaban J connectivity index is 2.74. The Morgan fingerprint density at radius 1 is 1.38 bits per heavy atom. The van der Waals surface area contributed by atoms with Crippen LogP contribution in [0, 0.1) is 10.5 Å². The molecule has 0 bridgehead atoms. The van der Waals surface area contributed by atoms with Crippen molar-refractivity contribution in [3.8, 4) is 0 Å². The van der Waals surface area contributed by atoms with Gasteiger partial charge in [-0.05, 0) is 61.9 Å². The Morgan fingerprint density at radius 2 is 2.00 bits per heavy atom. The molecule has 0 aromatic heterocycles. The van der Waals surface area contributed by atoms with Crippen molar-refractivity contribution in [2.45, 2.75) is 33.3 Å². The third-order valence-electron chi connectivity index (χ3n) is 1.83. The summed E-state index contributed by atoms with van der Waals surface area (Å²) in [5, 5.41) is 2.74. The molecule has 0 heterocycles. The van der Waals surface area contributed by atoms with E-state index in [-0.39, 0.29) is 0 Å². The Hall–Kier alpha value is -0.780. The lowest BCUT2D eigenvalue weighted by atomic mass is 10.2. The molecule has 88 valence electrons. The first-order valence-corrected chi connectivity index (χ1v) is 6.12. The third-order valence-corrected chi connectivity index (χ3v) is 3.26. The number of aryl methyl sites for hydroxylation is 1. The smallest absolute Gasteiger partial charge is 0.412 e. The number of halogens is 1. The lowest BCUT2D eigenvalue weighted by molar-refractivity contribution is 0.0636. The Labute approximate surface area is 110 Å². The maximum atomic E-state index is 11.6. The van der Waals surface area contributed by atoms with E-state index in [1.54, 1.807) is 0 Å². The zero-order chi connectivity index (χ0) is 12.3. The summed E-state index contributed by atoms with van der Waals surface area (Å²) in [7, 11) is 0. The fraction of sp³-hybridized carbons (Fsp3) is 0.417. The third kappa shape index (κ3) is 4.00. The van der Waals surface area contributed by atoms with Crippen LogP contribution in [0.4, 0.5) is 10.5 Å². The molecule has 4 heteroatoms. The first-order valence-electron chi connectivity index (χ1n) is 5.05. The van der Waals surface area contributed by atoms with Crippen LogP contribution < -0.4 is 5.32 Å². The number of amides is 1. The molecule has 0 saturated heterocycles. The number of carbonyl (C=O) groups is 1. The van der Waals surface area contributed by atoms with E-state index in [1.165, 1.54) is 0 Å². The van der Waals surface area contributed by atoms with Crippen molar-refractivity contribution < 1.29 is 9.53 Å². The number of hydrogen-bond acceptors (Lipinski definition) is 2. The second-order valence-electron chi connectivity index (χ2n) is 4.56. The van der Waals surface area contributed by atoms with Gasteiger partial charge in [-0.3, -0.25) is 5.32 Å². The zero-order valence-electron chi connectivity index (χ0n) is 9.93. The van der Waals surface area contributed by atoms with Crippen LogP contribution in [0.15, 0.2) is 18.2 Å². The molecule has 1 N–H and O–H groups in total. The van der Waals surface area contributed by atoms with E-state index in [9.17, 15) is 4.79 Å². The molecule has 0 fully saturated rings. The van der Waals surface area contributed by atoms with Crippen molar-refractivity contribution in [1.82, 2.24) is 0 Å². The van der Waals surface area contributed by atoms with E-state index in [0.29, 0.717) is 0 Å². The Bertz CT molecular complexity index is 396. The highest BCUT2D eigenvalue weighted by Gasteiger charge is 2.16. The van der Waals surface area contributed by atoms with Crippen LogP contribution in [0.5, 0.6) is 0 Å². The van der Waals surface area contributed by atoms with Gasteiger partial charge in [-0.2, -0.15) is 0 Å². The lowest BCUT2D eigenvalue weighted by Gasteiger charge is -2.20. The maximum Gasteiger partial charge on any atom is 0.412 e. The first-order chi connectivity index (χ1) is 7.29. The molecule has 0 atom stereocenters. The molecule has 0 aliphatic rings. The molecule has 0 saturated carbocycles. The van der Waals surface area contributed by atoms with Gasteiger partial charge in [-0.25, -0.2) is 4.79 Å². The number of nitrogens with one attached hydrogen (secondary N) is 1. The summed E-state index contributed by atoms with van der Waals surface area (Å²) >= 11 is 2.21. The average molecular weight is 333 g/mol. The highest BCUT2D eigenvalue weighted by molar-refractivity contribution is 14.1. The van der Waals surface area contributed by atoms with Crippen LogP contribution in [0.25, 0.3) is 0 Å². The SMILES string of the molecule is Cc1cccc(NC(=O)OC(C)(C)C)c1I. The van der Waals surface area contributed by atoms with Gasteiger partial charge in [0.25, 0.3) is 0 Å². The number of rotatable bonds is 1. The van der Waals surface area contributed by atoms with Crippen molar-refractivity contribution in [2.24, 2.45) is 0 Å². The zero-order valence-corrected chi connectivity index (χ0v) is 12.1. The minimum Gasteiger partial charge on any atom is -0.444 e. The fourth-order valence-electron chi connectivity index (χ4n) is 1.16. The predicted octanol–water partition coefficient (Wildman–Crippen LogP) is 3.95. The van der Waals surface area contributed by atoms with Crippen LogP contribution in [-0.2, 0) is 4.74 Å². The summed E-state index contributed by atoms with van der Waals surface area (Å²) in [6.07, 6.45) is -0.420. The van der Waals surface area contributed by atoms with Crippen LogP contribution in [0.2, 0.25) is 0 Å². The first kappa shape index (κ1) is 13.3. The van der Waals surface area contributed by atoms with Gasteiger partial charge in [0, 0.05) is 3.57 Å². The summed E-state index contributed by atoms with van der Waals surface area (Å²) < 4.78 is 6.22. The lowest BCUT2D eigenvalue weighted by Crippen LogP contribution is -2.27. The van der Waals surface area contributed by atoms with Gasteiger partial charge < -0.3 is 4.74 Å². The van der Waals surface area contributed by atoms with Crippen LogP contribution in [0.1, 0.15) is 26.3 Å². The number of anilines is 1. The normalized spacial score (nSPS) is 11.1. The van der Waals surface area contributed by atoms with Crippen LogP contribution in [0.3, 0.4) is 0 Å². The summed E-state index contributed by atoms with van der Waals surface area (Å²) in [6.45, 7) is 7.53. The predicted molar refractivity (Wildman–Crippen MR) is 73.8 cm³/mol. The highest BCUT2D eigenvalue weighted by Crippen LogP contribution is 2.22.